The van der Waals surface area contributed by atoms with Crippen molar-refractivity contribution in [2.75, 3.05) is 31.7 Å². The molecule has 1 heterocycles. The molecule has 0 aliphatic carbocycles. The minimum absolute atomic E-state index is 0.682. The van der Waals surface area contributed by atoms with Crippen LogP contribution in [-0.2, 0) is 13.6 Å². The van der Waals surface area contributed by atoms with Crippen molar-refractivity contribution < 1.29 is 0 Å². The Kier molecular flexibility index (Phi) is 5.43. The van der Waals surface area contributed by atoms with Crippen molar-refractivity contribution in [1.82, 2.24) is 19.7 Å². The van der Waals surface area contributed by atoms with E-state index in [1.165, 1.54) is 0 Å². The highest BCUT2D eigenvalue weighted by atomic mass is 32.2. The Morgan fingerprint density at radius 3 is 2.65 bits per heavy atom. The molecular formula is C14H21N5S. The predicted octanol–water partition coefficient (Wildman–Crippen LogP) is 2.08. The van der Waals surface area contributed by atoms with Crippen LogP contribution >= 0.6 is 11.8 Å². The molecule has 0 saturated heterocycles. The van der Waals surface area contributed by atoms with Crippen LogP contribution in [0.1, 0.15) is 5.82 Å². The maximum absolute atomic E-state index is 4.24. The highest BCUT2D eigenvalue weighted by Gasteiger charge is 2.08. The Morgan fingerprint density at radius 1 is 1.20 bits per heavy atom. The number of nitrogens with zero attached hydrogens (tertiary/aromatic N) is 4. The van der Waals surface area contributed by atoms with Gasteiger partial charge in [-0.2, -0.15) is 0 Å². The number of nitrogens with one attached hydrogen (secondary N) is 1. The molecule has 108 valence electrons. The van der Waals surface area contributed by atoms with Crippen LogP contribution in [0.3, 0.4) is 0 Å². The Balaban J connectivity index is 1.88. The first-order chi connectivity index (χ1) is 9.66. The topological polar surface area (TPSA) is 46.0 Å². The molecule has 20 heavy (non-hydrogen) atoms. The molecule has 0 atom stereocenters. The summed E-state index contributed by atoms with van der Waals surface area (Å²) in [6.45, 7) is 1.72. The highest BCUT2D eigenvalue weighted by molar-refractivity contribution is 7.99. The second-order valence-electron chi connectivity index (χ2n) is 4.83. The zero-order chi connectivity index (χ0) is 14.4. The predicted molar refractivity (Wildman–Crippen MR) is 84.0 cm³/mol. The van der Waals surface area contributed by atoms with Crippen LogP contribution in [0, 0.1) is 0 Å². The van der Waals surface area contributed by atoms with E-state index in [9.17, 15) is 0 Å². The summed E-state index contributed by atoms with van der Waals surface area (Å²) in [5.41, 5.74) is 1.09. The molecule has 0 unspecified atom stereocenters. The number of aromatic nitrogens is 3. The lowest BCUT2D eigenvalue weighted by Gasteiger charge is -2.09. The smallest absolute Gasteiger partial charge is 0.191 e. The van der Waals surface area contributed by atoms with Gasteiger partial charge in [-0.1, -0.05) is 30.0 Å². The number of hydrogen-bond acceptors (Lipinski definition) is 5. The number of para-hydroxylation sites is 1. The van der Waals surface area contributed by atoms with Gasteiger partial charge in [0.25, 0.3) is 0 Å². The maximum atomic E-state index is 4.24. The van der Waals surface area contributed by atoms with E-state index >= 15 is 0 Å². The van der Waals surface area contributed by atoms with Crippen molar-refractivity contribution in [3.63, 3.8) is 0 Å². The van der Waals surface area contributed by atoms with Crippen molar-refractivity contribution in [3.05, 3.63) is 36.2 Å². The summed E-state index contributed by atoms with van der Waals surface area (Å²) in [4.78, 5) is 2.17. The third-order valence-electron chi connectivity index (χ3n) is 2.92. The second-order valence-corrected chi connectivity index (χ2v) is 5.89. The van der Waals surface area contributed by atoms with Crippen LogP contribution in [0.25, 0.3) is 0 Å². The number of benzene rings is 1. The van der Waals surface area contributed by atoms with Gasteiger partial charge in [-0.15, -0.1) is 10.2 Å². The largest absolute Gasteiger partial charge is 0.378 e. The monoisotopic (exact) mass is 291 g/mol. The van der Waals surface area contributed by atoms with Crippen molar-refractivity contribution in [2.45, 2.75) is 11.7 Å². The molecular weight excluding hydrogens is 270 g/mol. The van der Waals surface area contributed by atoms with Crippen LogP contribution in [-0.4, -0.2) is 46.1 Å². The van der Waals surface area contributed by atoms with Crippen LogP contribution in [0.15, 0.2) is 35.5 Å². The van der Waals surface area contributed by atoms with E-state index < -0.39 is 0 Å². The lowest BCUT2D eigenvalue weighted by atomic mass is 10.3. The molecule has 0 saturated carbocycles. The third-order valence-corrected chi connectivity index (χ3v) is 3.92. The molecule has 0 fully saturated rings. The molecule has 6 heteroatoms. The van der Waals surface area contributed by atoms with E-state index in [1.54, 1.807) is 11.8 Å². The molecule has 0 bridgehead atoms. The summed E-state index contributed by atoms with van der Waals surface area (Å²) >= 11 is 1.74. The molecule has 1 aromatic carbocycles. The van der Waals surface area contributed by atoms with Gasteiger partial charge in [-0.3, -0.25) is 0 Å². The lowest BCUT2D eigenvalue weighted by molar-refractivity contribution is 0.437. The Hall–Kier alpha value is -1.53. The molecule has 2 aromatic rings. The van der Waals surface area contributed by atoms with Crippen LogP contribution in [0.4, 0.5) is 5.69 Å². The van der Waals surface area contributed by atoms with Crippen molar-refractivity contribution in [2.24, 2.45) is 7.05 Å². The van der Waals surface area contributed by atoms with Crippen molar-refractivity contribution in [1.29, 1.82) is 0 Å². The second kappa shape index (κ2) is 7.31. The molecule has 2 rings (SSSR count). The first-order valence-electron chi connectivity index (χ1n) is 6.61. The molecule has 0 aliphatic rings. The van der Waals surface area contributed by atoms with E-state index in [0.29, 0.717) is 6.54 Å². The fraction of sp³-hybridized carbons (Fsp3) is 0.429. The summed E-state index contributed by atoms with van der Waals surface area (Å²) in [5.74, 6) is 1.96. The molecule has 0 aliphatic heterocycles. The number of hydrogen-bond donors (Lipinski definition) is 1. The third kappa shape index (κ3) is 4.25. The van der Waals surface area contributed by atoms with E-state index in [2.05, 4.69) is 39.1 Å². The average molecular weight is 291 g/mol. The van der Waals surface area contributed by atoms with Gasteiger partial charge in [0.15, 0.2) is 11.0 Å². The van der Waals surface area contributed by atoms with Crippen molar-refractivity contribution >= 4 is 17.4 Å². The zero-order valence-electron chi connectivity index (χ0n) is 12.2. The first kappa shape index (κ1) is 14.9. The summed E-state index contributed by atoms with van der Waals surface area (Å²) in [6.07, 6.45) is 0. The molecule has 1 aromatic heterocycles. The first-order valence-corrected chi connectivity index (χ1v) is 7.60. The minimum atomic E-state index is 0.682. The Morgan fingerprint density at radius 2 is 1.95 bits per heavy atom. The standard InChI is InChI=1S/C14H21N5S/c1-18(2)9-10-20-14-17-16-13(19(14)3)11-15-12-7-5-4-6-8-12/h4-8,15H,9-11H2,1-3H3. The van der Waals surface area contributed by atoms with E-state index in [4.69, 9.17) is 0 Å². The molecule has 0 radical (unpaired) electrons. The number of rotatable bonds is 7. The van der Waals surface area contributed by atoms with Gasteiger partial charge in [0, 0.05) is 25.0 Å². The van der Waals surface area contributed by atoms with Crippen LogP contribution < -0.4 is 5.32 Å². The number of anilines is 1. The van der Waals surface area contributed by atoms with Gasteiger partial charge < -0.3 is 14.8 Å². The molecule has 5 nitrogen and oxygen atoms in total. The SMILES string of the molecule is CN(C)CCSc1nnc(CNc2ccccc2)n1C. The van der Waals surface area contributed by atoms with Gasteiger partial charge in [-0.25, -0.2) is 0 Å². The minimum Gasteiger partial charge on any atom is -0.378 e. The van der Waals surface area contributed by atoms with Gasteiger partial charge in [0.2, 0.25) is 0 Å². The van der Waals surface area contributed by atoms with E-state index in [0.717, 1.165) is 29.0 Å². The molecule has 0 amide bonds. The quantitative estimate of drug-likeness (QED) is 0.791. The Labute approximate surface area is 124 Å². The normalized spacial score (nSPS) is 11.0. The van der Waals surface area contributed by atoms with Gasteiger partial charge in [0.1, 0.15) is 0 Å². The summed E-state index contributed by atoms with van der Waals surface area (Å²) < 4.78 is 2.05. The molecule has 0 spiro atoms. The van der Waals surface area contributed by atoms with Crippen LogP contribution in [0.2, 0.25) is 0 Å². The van der Waals surface area contributed by atoms with E-state index in [-0.39, 0.29) is 0 Å². The van der Waals surface area contributed by atoms with E-state index in [1.807, 2.05) is 37.4 Å². The average Bonchev–Trinajstić information content (AvgIpc) is 2.79. The van der Waals surface area contributed by atoms with Crippen molar-refractivity contribution in [3.8, 4) is 0 Å². The molecule has 1 N–H and O–H groups in total. The van der Waals surface area contributed by atoms with Gasteiger partial charge >= 0.3 is 0 Å². The summed E-state index contributed by atoms with van der Waals surface area (Å²) in [5, 5.41) is 12.8. The fourth-order valence-electron chi connectivity index (χ4n) is 1.68. The summed E-state index contributed by atoms with van der Waals surface area (Å²) in [7, 11) is 6.17. The maximum Gasteiger partial charge on any atom is 0.191 e. The lowest BCUT2D eigenvalue weighted by Crippen LogP contribution is -2.15. The van der Waals surface area contributed by atoms with Gasteiger partial charge in [-0.05, 0) is 26.2 Å². The number of thioether (sulfide) groups is 1. The highest BCUT2D eigenvalue weighted by Crippen LogP contribution is 2.16. The van der Waals surface area contributed by atoms with Gasteiger partial charge in [0.05, 0.1) is 6.54 Å². The summed E-state index contributed by atoms with van der Waals surface area (Å²) in [6, 6.07) is 10.1. The fourth-order valence-corrected chi connectivity index (χ4v) is 2.72. The Bertz CT molecular complexity index is 524. The zero-order valence-corrected chi connectivity index (χ0v) is 13.0. The van der Waals surface area contributed by atoms with Crippen LogP contribution in [0.5, 0.6) is 0 Å².